The van der Waals surface area contributed by atoms with Gasteiger partial charge in [0.2, 0.25) is 11.8 Å². The summed E-state index contributed by atoms with van der Waals surface area (Å²) in [5, 5.41) is 6.63. The van der Waals surface area contributed by atoms with Gasteiger partial charge in [0, 0.05) is 25.2 Å². The molecule has 2 heterocycles. The van der Waals surface area contributed by atoms with Crippen LogP contribution in [0.15, 0.2) is 33.4 Å². The summed E-state index contributed by atoms with van der Waals surface area (Å²) in [4.78, 5) is 22.2. The lowest BCUT2D eigenvalue weighted by atomic mass is 10.1. The van der Waals surface area contributed by atoms with Crippen molar-refractivity contribution in [3.8, 4) is 11.5 Å². The summed E-state index contributed by atoms with van der Waals surface area (Å²) >= 11 is 0. The highest BCUT2D eigenvalue weighted by molar-refractivity contribution is 5.90. The molecule has 0 spiro atoms. The minimum Gasteiger partial charge on any atom is -0.444 e. The normalized spacial score (nSPS) is 10.7. The average molecular weight is 341 g/mol. The molecule has 2 amide bonds. The molecule has 0 saturated heterocycles. The Morgan fingerprint density at radius 1 is 1.24 bits per heavy atom. The van der Waals surface area contributed by atoms with Crippen molar-refractivity contribution in [1.82, 2.24) is 20.0 Å². The lowest BCUT2D eigenvalue weighted by Crippen LogP contribution is -2.31. The molecule has 0 saturated carbocycles. The SMILES string of the molecule is Cc1coc(-c2cc(NC(=O)N(C)Cc3noc(C)n3)ccc2C)n1. The summed E-state index contributed by atoms with van der Waals surface area (Å²) in [5.74, 6) is 1.45. The summed E-state index contributed by atoms with van der Waals surface area (Å²) in [7, 11) is 1.66. The molecule has 0 aliphatic rings. The predicted octanol–water partition coefficient (Wildman–Crippen LogP) is 3.31. The molecular weight excluding hydrogens is 322 g/mol. The van der Waals surface area contributed by atoms with Gasteiger partial charge in [-0.15, -0.1) is 0 Å². The van der Waals surface area contributed by atoms with E-state index in [0.29, 0.717) is 23.3 Å². The maximum atomic E-state index is 12.4. The number of hydrogen-bond acceptors (Lipinski definition) is 6. The molecule has 25 heavy (non-hydrogen) atoms. The van der Waals surface area contributed by atoms with Gasteiger partial charge in [0.25, 0.3) is 0 Å². The second kappa shape index (κ2) is 6.76. The van der Waals surface area contributed by atoms with E-state index in [1.165, 1.54) is 4.90 Å². The van der Waals surface area contributed by atoms with Crippen molar-refractivity contribution in [3.05, 3.63) is 47.4 Å². The van der Waals surface area contributed by atoms with Gasteiger partial charge in [0.15, 0.2) is 5.82 Å². The molecule has 0 fully saturated rings. The second-order valence-corrected chi connectivity index (χ2v) is 5.84. The van der Waals surface area contributed by atoms with Crippen LogP contribution in [0.25, 0.3) is 11.5 Å². The van der Waals surface area contributed by atoms with E-state index < -0.39 is 0 Å². The van der Waals surface area contributed by atoms with Crippen molar-refractivity contribution in [2.24, 2.45) is 0 Å². The molecule has 0 atom stereocenters. The Hall–Kier alpha value is -3.16. The maximum Gasteiger partial charge on any atom is 0.321 e. The number of nitrogens with zero attached hydrogens (tertiary/aromatic N) is 4. The number of urea groups is 1. The number of carbonyl (C=O) groups is 1. The van der Waals surface area contributed by atoms with Crippen LogP contribution in [-0.4, -0.2) is 33.1 Å². The van der Waals surface area contributed by atoms with Gasteiger partial charge in [0.1, 0.15) is 6.26 Å². The minimum atomic E-state index is -0.277. The van der Waals surface area contributed by atoms with Crippen LogP contribution in [-0.2, 0) is 6.54 Å². The van der Waals surface area contributed by atoms with Crippen molar-refractivity contribution in [3.63, 3.8) is 0 Å². The number of amides is 2. The van der Waals surface area contributed by atoms with Gasteiger partial charge >= 0.3 is 6.03 Å². The van der Waals surface area contributed by atoms with Gasteiger partial charge in [0.05, 0.1) is 12.2 Å². The number of aryl methyl sites for hydroxylation is 3. The molecular formula is C17H19N5O3. The number of rotatable bonds is 4. The number of nitrogens with one attached hydrogen (secondary N) is 1. The smallest absolute Gasteiger partial charge is 0.321 e. The Balaban J connectivity index is 1.72. The third-order valence-corrected chi connectivity index (χ3v) is 3.63. The van der Waals surface area contributed by atoms with Gasteiger partial charge in [-0.2, -0.15) is 4.98 Å². The molecule has 0 aliphatic carbocycles. The van der Waals surface area contributed by atoms with E-state index in [1.54, 1.807) is 20.2 Å². The fourth-order valence-corrected chi connectivity index (χ4v) is 2.32. The predicted molar refractivity (Wildman–Crippen MR) is 90.9 cm³/mol. The van der Waals surface area contributed by atoms with Crippen LogP contribution in [0.1, 0.15) is 23.0 Å². The summed E-state index contributed by atoms with van der Waals surface area (Å²) in [6.45, 7) is 5.78. The Morgan fingerprint density at radius 3 is 2.68 bits per heavy atom. The standard InChI is InChI=1S/C17H19N5O3/c1-10-5-6-13(7-14(10)16-18-11(2)9-24-16)20-17(23)22(4)8-15-19-12(3)25-21-15/h5-7,9H,8H2,1-4H3,(H,20,23). The number of oxazole rings is 1. The van der Waals surface area contributed by atoms with Gasteiger partial charge in [-0.25, -0.2) is 9.78 Å². The summed E-state index contributed by atoms with van der Waals surface area (Å²) in [5.41, 5.74) is 3.30. The summed E-state index contributed by atoms with van der Waals surface area (Å²) < 4.78 is 10.4. The Bertz CT molecular complexity index is 899. The molecule has 2 aromatic heterocycles. The largest absolute Gasteiger partial charge is 0.444 e. The van der Waals surface area contributed by atoms with E-state index in [1.807, 2.05) is 32.0 Å². The van der Waals surface area contributed by atoms with Crippen LogP contribution in [0.4, 0.5) is 10.5 Å². The van der Waals surface area contributed by atoms with Crippen molar-refractivity contribution in [2.75, 3.05) is 12.4 Å². The van der Waals surface area contributed by atoms with Gasteiger partial charge in [-0.3, -0.25) is 0 Å². The third kappa shape index (κ3) is 3.85. The number of carbonyl (C=O) groups excluding carboxylic acids is 1. The molecule has 0 radical (unpaired) electrons. The molecule has 3 rings (SSSR count). The van der Waals surface area contributed by atoms with Crippen LogP contribution in [0.5, 0.6) is 0 Å². The first-order valence-corrected chi connectivity index (χ1v) is 7.77. The third-order valence-electron chi connectivity index (χ3n) is 3.63. The molecule has 130 valence electrons. The topological polar surface area (TPSA) is 97.3 Å². The van der Waals surface area contributed by atoms with E-state index >= 15 is 0 Å². The Kier molecular flexibility index (Phi) is 4.51. The monoisotopic (exact) mass is 341 g/mol. The number of aromatic nitrogens is 3. The van der Waals surface area contributed by atoms with Crippen LogP contribution in [0, 0.1) is 20.8 Å². The molecule has 1 aromatic carbocycles. The van der Waals surface area contributed by atoms with E-state index in [0.717, 1.165) is 16.8 Å². The fourth-order valence-electron chi connectivity index (χ4n) is 2.32. The van der Waals surface area contributed by atoms with Crippen LogP contribution in [0.3, 0.4) is 0 Å². The first kappa shape index (κ1) is 16.7. The highest BCUT2D eigenvalue weighted by Crippen LogP contribution is 2.26. The van der Waals surface area contributed by atoms with E-state index in [4.69, 9.17) is 8.94 Å². The van der Waals surface area contributed by atoms with Gasteiger partial charge in [-0.05, 0) is 31.5 Å². The van der Waals surface area contributed by atoms with Gasteiger partial charge in [-0.1, -0.05) is 11.2 Å². The van der Waals surface area contributed by atoms with Crippen molar-refractivity contribution < 1.29 is 13.7 Å². The molecule has 0 bridgehead atoms. The van der Waals surface area contributed by atoms with Crippen molar-refractivity contribution >= 4 is 11.7 Å². The van der Waals surface area contributed by atoms with Crippen molar-refractivity contribution in [1.29, 1.82) is 0 Å². The van der Waals surface area contributed by atoms with E-state index in [2.05, 4.69) is 20.4 Å². The molecule has 0 aliphatic heterocycles. The molecule has 8 nitrogen and oxygen atoms in total. The molecule has 0 unspecified atom stereocenters. The lowest BCUT2D eigenvalue weighted by Gasteiger charge is -2.16. The first-order valence-electron chi connectivity index (χ1n) is 7.77. The van der Waals surface area contributed by atoms with Crippen LogP contribution >= 0.6 is 0 Å². The van der Waals surface area contributed by atoms with Crippen LogP contribution in [0.2, 0.25) is 0 Å². The molecule has 8 heteroatoms. The summed E-state index contributed by atoms with van der Waals surface area (Å²) in [6, 6.07) is 5.30. The number of benzene rings is 1. The first-order chi connectivity index (χ1) is 11.9. The van der Waals surface area contributed by atoms with E-state index in [9.17, 15) is 4.79 Å². The maximum absolute atomic E-state index is 12.4. The number of hydrogen-bond donors (Lipinski definition) is 1. The van der Waals surface area contributed by atoms with E-state index in [-0.39, 0.29) is 12.6 Å². The fraction of sp³-hybridized carbons (Fsp3) is 0.294. The van der Waals surface area contributed by atoms with Crippen LogP contribution < -0.4 is 5.32 Å². The second-order valence-electron chi connectivity index (χ2n) is 5.84. The zero-order valence-corrected chi connectivity index (χ0v) is 14.5. The lowest BCUT2D eigenvalue weighted by molar-refractivity contribution is 0.219. The highest BCUT2D eigenvalue weighted by Gasteiger charge is 2.14. The van der Waals surface area contributed by atoms with Gasteiger partial charge < -0.3 is 19.2 Å². The van der Waals surface area contributed by atoms with Crippen molar-refractivity contribution in [2.45, 2.75) is 27.3 Å². The zero-order chi connectivity index (χ0) is 18.0. The quantitative estimate of drug-likeness (QED) is 0.782. The Morgan fingerprint density at radius 2 is 2.04 bits per heavy atom. The average Bonchev–Trinajstić information content (AvgIpc) is 3.17. The Labute approximate surface area is 144 Å². The summed E-state index contributed by atoms with van der Waals surface area (Å²) in [6.07, 6.45) is 1.60. The zero-order valence-electron chi connectivity index (χ0n) is 14.5. The number of anilines is 1. The minimum absolute atomic E-state index is 0.251. The molecule has 3 aromatic rings. The highest BCUT2D eigenvalue weighted by atomic mass is 16.5. The molecule has 1 N–H and O–H groups in total.